The first-order valence-corrected chi connectivity index (χ1v) is 21.7. The van der Waals surface area contributed by atoms with E-state index in [1.54, 1.807) is 12.1 Å². The van der Waals surface area contributed by atoms with E-state index in [2.05, 4.69) is 149 Å². The number of hydrogen-bond donors (Lipinski definition) is 0. The van der Waals surface area contributed by atoms with Crippen LogP contribution in [-0.4, -0.2) is 24.1 Å². The lowest BCUT2D eigenvalue weighted by atomic mass is 9.97. The average molecular weight is 842 g/mol. The number of nitriles is 2. The second-order valence-corrected chi connectivity index (χ2v) is 16.3. The van der Waals surface area contributed by atoms with Gasteiger partial charge in [0.25, 0.3) is 0 Å². The largest absolute Gasteiger partial charge is 0.309 e. The molecule has 12 rings (SSSR count). The van der Waals surface area contributed by atoms with Crippen LogP contribution in [0, 0.1) is 22.7 Å². The summed E-state index contributed by atoms with van der Waals surface area (Å²) in [6.45, 7) is 0. The third-order valence-electron chi connectivity index (χ3n) is 12.5. The standard InChI is InChI=1S/C59H35N7/c60-36-38-24-28-46(44(32-38)37-61)43-26-30-50-48-21-11-13-23-53(48)66(56(50)35-43)54-31-27-41(42-25-29-49-47-20-10-12-22-52(47)65(55(49)34-42)45-18-8-3-9-19-45)33-51(54)59-63-57(39-14-4-1-5-15-39)62-58(64-59)40-16-6-2-7-17-40/h1-35H. The fourth-order valence-electron chi connectivity index (χ4n) is 9.38. The maximum Gasteiger partial charge on any atom is 0.166 e. The third-order valence-corrected chi connectivity index (χ3v) is 12.5. The first kappa shape index (κ1) is 38.3. The van der Waals surface area contributed by atoms with Gasteiger partial charge in [-0.3, -0.25) is 0 Å². The molecule has 0 bridgehead atoms. The van der Waals surface area contributed by atoms with Gasteiger partial charge in [0.1, 0.15) is 0 Å². The molecule has 0 aliphatic rings. The topological polar surface area (TPSA) is 96.1 Å². The number of para-hydroxylation sites is 3. The minimum absolute atomic E-state index is 0.441. The van der Waals surface area contributed by atoms with Crippen molar-refractivity contribution in [3.63, 3.8) is 0 Å². The lowest BCUT2D eigenvalue weighted by Gasteiger charge is -2.17. The lowest BCUT2D eigenvalue weighted by molar-refractivity contribution is 1.06. The molecule has 0 atom stereocenters. The SMILES string of the molecule is N#Cc1ccc(-c2ccc3c4ccccc4n(-c4ccc(-c5ccc6c7ccccc7n(-c7ccccc7)c6c5)cc4-c4nc(-c5ccccc5)nc(-c5ccccc5)n4)c3c2)c(C#N)c1. The van der Waals surface area contributed by atoms with Gasteiger partial charge in [-0.2, -0.15) is 10.5 Å². The smallest absolute Gasteiger partial charge is 0.166 e. The summed E-state index contributed by atoms with van der Waals surface area (Å²) in [5.41, 5.74) is 13.3. The molecule has 0 aliphatic carbocycles. The second-order valence-electron chi connectivity index (χ2n) is 16.3. The molecule has 3 aromatic heterocycles. The Morgan fingerprint density at radius 1 is 0.333 bits per heavy atom. The van der Waals surface area contributed by atoms with Crippen LogP contribution in [0.1, 0.15) is 11.1 Å². The van der Waals surface area contributed by atoms with Gasteiger partial charge in [-0.05, 0) is 82.9 Å². The Balaban J connectivity index is 1.15. The molecule has 3 heterocycles. The minimum Gasteiger partial charge on any atom is -0.309 e. The van der Waals surface area contributed by atoms with E-state index in [9.17, 15) is 10.5 Å². The van der Waals surface area contributed by atoms with Gasteiger partial charge in [0.2, 0.25) is 0 Å². The molecule has 12 aromatic rings. The lowest BCUT2D eigenvalue weighted by Crippen LogP contribution is -2.04. The summed E-state index contributed by atoms with van der Waals surface area (Å²) >= 11 is 0. The quantitative estimate of drug-likeness (QED) is 0.159. The van der Waals surface area contributed by atoms with E-state index in [1.807, 2.05) is 72.8 Å². The van der Waals surface area contributed by atoms with Gasteiger partial charge in [-0.15, -0.1) is 0 Å². The Labute approximate surface area is 380 Å². The van der Waals surface area contributed by atoms with Gasteiger partial charge in [0.15, 0.2) is 17.5 Å². The summed E-state index contributed by atoms with van der Waals surface area (Å²) in [4.78, 5) is 15.7. The van der Waals surface area contributed by atoms with Gasteiger partial charge >= 0.3 is 0 Å². The number of hydrogen-bond acceptors (Lipinski definition) is 5. The molecule has 0 radical (unpaired) electrons. The predicted octanol–water partition coefficient (Wildman–Crippen LogP) is 14.1. The maximum absolute atomic E-state index is 10.2. The Kier molecular flexibility index (Phi) is 9.12. The Morgan fingerprint density at radius 3 is 1.47 bits per heavy atom. The van der Waals surface area contributed by atoms with Gasteiger partial charge in [-0.1, -0.05) is 152 Å². The molecule has 9 aromatic carbocycles. The number of aromatic nitrogens is 5. The van der Waals surface area contributed by atoms with Gasteiger partial charge in [0, 0.05) is 43.9 Å². The molecule has 0 spiro atoms. The highest BCUT2D eigenvalue weighted by Crippen LogP contribution is 2.41. The van der Waals surface area contributed by atoms with Crippen molar-refractivity contribution in [2.24, 2.45) is 0 Å². The summed E-state index contributed by atoms with van der Waals surface area (Å²) in [7, 11) is 0. The van der Waals surface area contributed by atoms with Crippen molar-refractivity contribution in [3.8, 4) is 79.9 Å². The fourth-order valence-corrected chi connectivity index (χ4v) is 9.38. The zero-order valence-electron chi connectivity index (χ0n) is 35.3. The Morgan fingerprint density at radius 2 is 0.833 bits per heavy atom. The molecule has 66 heavy (non-hydrogen) atoms. The summed E-state index contributed by atoms with van der Waals surface area (Å²) < 4.78 is 4.63. The highest BCUT2D eigenvalue weighted by atomic mass is 15.1. The van der Waals surface area contributed by atoms with Crippen LogP contribution in [0.3, 0.4) is 0 Å². The number of rotatable bonds is 7. The molecule has 7 nitrogen and oxygen atoms in total. The van der Waals surface area contributed by atoms with Crippen molar-refractivity contribution >= 4 is 43.6 Å². The Hall–Kier alpha value is -9.43. The molecule has 0 saturated carbocycles. The summed E-state index contributed by atoms with van der Waals surface area (Å²) in [6, 6.07) is 77.0. The second kappa shape index (κ2) is 15.7. The van der Waals surface area contributed by atoms with Crippen molar-refractivity contribution in [1.29, 1.82) is 10.5 Å². The van der Waals surface area contributed by atoms with Crippen LogP contribution in [0.25, 0.3) is 111 Å². The summed E-state index contributed by atoms with van der Waals surface area (Å²) in [6.07, 6.45) is 0. The zero-order chi connectivity index (χ0) is 44.1. The predicted molar refractivity (Wildman–Crippen MR) is 265 cm³/mol. The van der Waals surface area contributed by atoms with Crippen LogP contribution in [0.4, 0.5) is 0 Å². The molecule has 0 N–H and O–H groups in total. The number of nitrogens with zero attached hydrogens (tertiary/aromatic N) is 7. The molecule has 0 unspecified atom stereocenters. The van der Waals surface area contributed by atoms with E-state index in [1.165, 1.54) is 10.8 Å². The maximum atomic E-state index is 10.2. The van der Waals surface area contributed by atoms with E-state index >= 15 is 0 Å². The molecule has 0 aliphatic heterocycles. The zero-order valence-corrected chi connectivity index (χ0v) is 35.3. The normalized spacial score (nSPS) is 11.3. The van der Waals surface area contributed by atoms with Crippen LogP contribution in [0.15, 0.2) is 212 Å². The van der Waals surface area contributed by atoms with Gasteiger partial charge in [-0.25, -0.2) is 15.0 Å². The molecule has 0 saturated heterocycles. The van der Waals surface area contributed by atoms with Gasteiger partial charge < -0.3 is 9.13 Å². The molecule has 306 valence electrons. The third kappa shape index (κ3) is 6.39. The highest BCUT2D eigenvalue weighted by Gasteiger charge is 2.22. The molecule has 0 fully saturated rings. The number of fused-ring (bicyclic) bond motifs is 6. The van der Waals surface area contributed by atoms with Crippen molar-refractivity contribution in [2.75, 3.05) is 0 Å². The molecular weight excluding hydrogens is 807 g/mol. The van der Waals surface area contributed by atoms with Crippen molar-refractivity contribution in [1.82, 2.24) is 24.1 Å². The van der Waals surface area contributed by atoms with Crippen molar-refractivity contribution in [3.05, 3.63) is 223 Å². The van der Waals surface area contributed by atoms with E-state index < -0.39 is 0 Å². The molecular formula is C59H35N7. The highest BCUT2D eigenvalue weighted by molar-refractivity contribution is 6.12. The first-order valence-electron chi connectivity index (χ1n) is 21.7. The summed E-state index contributed by atoms with van der Waals surface area (Å²) in [5.74, 6) is 1.66. The van der Waals surface area contributed by atoms with Crippen LogP contribution in [-0.2, 0) is 0 Å². The van der Waals surface area contributed by atoms with E-state index in [0.29, 0.717) is 28.6 Å². The fraction of sp³-hybridized carbons (Fsp3) is 0. The van der Waals surface area contributed by atoms with Crippen LogP contribution < -0.4 is 0 Å². The van der Waals surface area contributed by atoms with Crippen LogP contribution >= 0.6 is 0 Å². The molecule has 0 amide bonds. The van der Waals surface area contributed by atoms with E-state index in [-0.39, 0.29) is 0 Å². The number of benzene rings is 9. The van der Waals surface area contributed by atoms with Crippen LogP contribution in [0.5, 0.6) is 0 Å². The first-order chi connectivity index (χ1) is 32.6. The average Bonchev–Trinajstić information content (AvgIpc) is 3.91. The Bertz CT molecular complexity index is 3890. The summed E-state index contributed by atoms with van der Waals surface area (Å²) in [5, 5.41) is 24.4. The van der Waals surface area contributed by atoms with E-state index in [0.717, 1.165) is 83.2 Å². The monoisotopic (exact) mass is 841 g/mol. The molecule has 7 heteroatoms. The van der Waals surface area contributed by atoms with Crippen LogP contribution in [0.2, 0.25) is 0 Å². The van der Waals surface area contributed by atoms with Gasteiger partial charge in [0.05, 0.1) is 51.0 Å². The van der Waals surface area contributed by atoms with Crippen molar-refractivity contribution < 1.29 is 0 Å². The van der Waals surface area contributed by atoms with E-state index in [4.69, 9.17) is 15.0 Å². The van der Waals surface area contributed by atoms with Crippen molar-refractivity contribution in [2.45, 2.75) is 0 Å². The minimum atomic E-state index is 0.441.